The van der Waals surface area contributed by atoms with Crippen LogP contribution >= 0.6 is 15.9 Å². The maximum atomic E-state index is 13.2. The van der Waals surface area contributed by atoms with Crippen LogP contribution < -0.4 is 10.1 Å². The number of nitrogens with zero attached hydrogens (tertiary/aromatic N) is 1. The monoisotopic (exact) mass is 502 g/mol. The molecule has 0 radical (unpaired) electrons. The first kappa shape index (κ1) is 25.9. The summed E-state index contributed by atoms with van der Waals surface area (Å²) < 4.78 is 6.64. The van der Waals surface area contributed by atoms with Crippen molar-refractivity contribution in [3.8, 4) is 5.75 Å². The first-order chi connectivity index (χ1) is 14.8. The van der Waals surface area contributed by atoms with E-state index in [2.05, 4.69) is 42.0 Å². The molecule has 2 aromatic carbocycles. The first-order valence-corrected chi connectivity index (χ1v) is 11.7. The smallest absolute Gasteiger partial charge is 0.261 e. The fourth-order valence-corrected chi connectivity index (χ4v) is 3.64. The van der Waals surface area contributed by atoms with Crippen molar-refractivity contribution >= 4 is 27.7 Å². The van der Waals surface area contributed by atoms with Gasteiger partial charge in [0.15, 0.2) is 6.61 Å². The lowest BCUT2D eigenvalue weighted by molar-refractivity contribution is -0.142. The highest BCUT2D eigenvalue weighted by atomic mass is 79.9. The van der Waals surface area contributed by atoms with Crippen molar-refractivity contribution < 1.29 is 14.3 Å². The van der Waals surface area contributed by atoms with Gasteiger partial charge in [-0.3, -0.25) is 9.59 Å². The van der Waals surface area contributed by atoms with Crippen molar-refractivity contribution in [2.75, 3.05) is 6.61 Å². The number of halogens is 1. The quantitative estimate of drug-likeness (QED) is 0.546. The van der Waals surface area contributed by atoms with Crippen LogP contribution in [0.25, 0.3) is 0 Å². The van der Waals surface area contributed by atoms with E-state index in [1.54, 1.807) is 11.8 Å². The molecule has 0 bridgehead atoms. The summed E-state index contributed by atoms with van der Waals surface area (Å²) in [5.74, 6) is 0.146. The van der Waals surface area contributed by atoms with Crippen LogP contribution in [-0.2, 0) is 21.5 Å². The molecule has 174 valence electrons. The van der Waals surface area contributed by atoms with Crippen LogP contribution in [0.1, 0.15) is 59.6 Å². The molecule has 0 saturated carbocycles. The largest absolute Gasteiger partial charge is 0.483 e. The van der Waals surface area contributed by atoms with E-state index in [0.717, 1.165) is 10.0 Å². The summed E-state index contributed by atoms with van der Waals surface area (Å²) >= 11 is 3.55. The zero-order valence-corrected chi connectivity index (χ0v) is 21.7. The lowest BCUT2D eigenvalue weighted by Gasteiger charge is -2.31. The summed E-state index contributed by atoms with van der Waals surface area (Å²) in [6.07, 6.45) is 0. The van der Waals surface area contributed by atoms with Crippen LogP contribution in [0, 0.1) is 0 Å². The third-order valence-electron chi connectivity index (χ3n) is 5.01. The number of ether oxygens (including phenoxy) is 1. The Morgan fingerprint density at radius 3 is 2.19 bits per heavy atom. The van der Waals surface area contributed by atoms with E-state index in [1.165, 1.54) is 5.56 Å². The molecule has 0 aliphatic heterocycles. The maximum absolute atomic E-state index is 13.2. The Balaban J connectivity index is 2.18. The van der Waals surface area contributed by atoms with Gasteiger partial charge in [0.1, 0.15) is 11.8 Å². The second-order valence-corrected chi connectivity index (χ2v) is 11.0. The van der Waals surface area contributed by atoms with Gasteiger partial charge in [0.25, 0.3) is 5.91 Å². The van der Waals surface area contributed by atoms with Crippen molar-refractivity contribution in [3.05, 3.63) is 64.1 Å². The van der Waals surface area contributed by atoms with Crippen LogP contribution in [0.2, 0.25) is 0 Å². The van der Waals surface area contributed by atoms with Gasteiger partial charge in [-0.15, -0.1) is 0 Å². The molecule has 6 heteroatoms. The maximum Gasteiger partial charge on any atom is 0.261 e. The zero-order chi connectivity index (χ0) is 24.1. The van der Waals surface area contributed by atoms with Crippen LogP contribution in [0.5, 0.6) is 5.75 Å². The minimum Gasteiger partial charge on any atom is -0.483 e. The fourth-order valence-electron chi connectivity index (χ4n) is 3.14. The van der Waals surface area contributed by atoms with Gasteiger partial charge in [0.2, 0.25) is 5.91 Å². The highest BCUT2D eigenvalue weighted by Gasteiger charge is 2.28. The van der Waals surface area contributed by atoms with Crippen LogP contribution in [0.4, 0.5) is 0 Å². The number of nitrogens with one attached hydrogen (secondary N) is 1. The van der Waals surface area contributed by atoms with Gasteiger partial charge in [0, 0.05) is 12.1 Å². The summed E-state index contributed by atoms with van der Waals surface area (Å²) in [5.41, 5.74) is 1.75. The number of hydrogen-bond donors (Lipinski definition) is 1. The minimum absolute atomic E-state index is 0.0131. The fraction of sp³-hybridized carbons (Fsp3) is 0.462. The Kier molecular flexibility index (Phi) is 8.52. The van der Waals surface area contributed by atoms with Crippen molar-refractivity contribution in [3.63, 3.8) is 0 Å². The second-order valence-electron chi connectivity index (χ2n) is 10.1. The molecule has 0 fully saturated rings. The molecule has 0 aliphatic carbocycles. The molecule has 0 heterocycles. The molecule has 0 aromatic heterocycles. The average Bonchev–Trinajstić information content (AvgIpc) is 2.69. The Labute approximate surface area is 200 Å². The Morgan fingerprint density at radius 1 is 1.03 bits per heavy atom. The van der Waals surface area contributed by atoms with E-state index in [-0.39, 0.29) is 29.4 Å². The summed E-state index contributed by atoms with van der Waals surface area (Å²) in [4.78, 5) is 27.5. The topological polar surface area (TPSA) is 58.6 Å². The minimum atomic E-state index is -0.641. The van der Waals surface area contributed by atoms with Crippen molar-refractivity contribution in [2.24, 2.45) is 0 Å². The summed E-state index contributed by atoms with van der Waals surface area (Å²) in [6, 6.07) is 14.9. The number of carbonyl (C=O) groups excluding carboxylic acids is 2. The number of benzene rings is 2. The predicted molar refractivity (Wildman–Crippen MR) is 133 cm³/mol. The molecule has 1 N–H and O–H groups in total. The zero-order valence-electron chi connectivity index (χ0n) is 20.2. The highest BCUT2D eigenvalue weighted by molar-refractivity contribution is 9.10. The lowest BCUT2D eigenvalue weighted by Crippen LogP contribution is -2.53. The summed E-state index contributed by atoms with van der Waals surface area (Å²) in [7, 11) is 0. The van der Waals surface area contributed by atoms with Crippen molar-refractivity contribution in [1.82, 2.24) is 10.2 Å². The lowest BCUT2D eigenvalue weighted by atomic mass is 9.87. The van der Waals surface area contributed by atoms with E-state index in [4.69, 9.17) is 4.74 Å². The molecule has 0 spiro atoms. The highest BCUT2D eigenvalue weighted by Crippen LogP contribution is 2.31. The third-order valence-corrected chi connectivity index (χ3v) is 5.63. The van der Waals surface area contributed by atoms with E-state index in [1.807, 2.05) is 69.3 Å². The molecule has 2 aromatic rings. The first-order valence-electron chi connectivity index (χ1n) is 10.9. The standard InChI is InChI=1S/C26H35BrN2O3/c1-18(24(31)28-26(5,6)7)29(16-19-11-9-8-10-12-19)23(30)17-32-22-14-13-20(15-21(22)27)25(2,3)4/h8-15,18H,16-17H2,1-7H3,(H,28,31). The van der Waals surface area contributed by atoms with E-state index < -0.39 is 6.04 Å². The van der Waals surface area contributed by atoms with E-state index >= 15 is 0 Å². The average molecular weight is 503 g/mol. The molecule has 32 heavy (non-hydrogen) atoms. The van der Waals surface area contributed by atoms with Gasteiger partial charge in [-0.05, 0) is 72.3 Å². The number of rotatable bonds is 7. The molecule has 1 unspecified atom stereocenters. The van der Waals surface area contributed by atoms with Gasteiger partial charge in [-0.25, -0.2) is 0 Å². The van der Waals surface area contributed by atoms with Crippen LogP contribution in [0.15, 0.2) is 53.0 Å². The normalized spacial score (nSPS) is 12.8. The third kappa shape index (κ3) is 7.66. The molecule has 0 saturated heterocycles. The summed E-state index contributed by atoms with van der Waals surface area (Å²) in [6.45, 7) is 14.1. The van der Waals surface area contributed by atoms with Crippen molar-refractivity contribution in [2.45, 2.75) is 72.0 Å². The van der Waals surface area contributed by atoms with Crippen LogP contribution in [-0.4, -0.2) is 34.9 Å². The molecule has 2 amide bonds. The second kappa shape index (κ2) is 10.5. The molecule has 2 rings (SSSR count). The Hall–Kier alpha value is -2.34. The summed E-state index contributed by atoms with van der Waals surface area (Å²) in [5, 5.41) is 2.96. The predicted octanol–water partition coefficient (Wildman–Crippen LogP) is 5.46. The van der Waals surface area contributed by atoms with Gasteiger partial charge < -0.3 is 15.0 Å². The van der Waals surface area contributed by atoms with E-state index in [9.17, 15) is 9.59 Å². The molecular formula is C26H35BrN2O3. The number of carbonyl (C=O) groups is 2. The molecule has 0 aliphatic rings. The van der Waals surface area contributed by atoms with Gasteiger partial charge in [0.05, 0.1) is 4.47 Å². The van der Waals surface area contributed by atoms with Gasteiger partial charge in [-0.2, -0.15) is 0 Å². The van der Waals surface area contributed by atoms with Crippen LogP contribution in [0.3, 0.4) is 0 Å². The number of hydrogen-bond acceptors (Lipinski definition) is 3. The number of amides is 2. The molecule has 1 atom stereocenters. The van der Waals surface area contributed by atoms with Gasteiger partial charge >= 0.3 is 0 Å². The Bertz CT molecular complexity index is 930. The molecular weight excluding hydrogens is 468 g/mol. The molecule has 5 nitrogen and oxygen atoms in total. The van der Waals surface area contributed by atoms with Crippen molar-refractivity contribution in [1.29, 1.82) is 0 Å². The van der Waals surface area contributed by atoms with E-state index in [0.29, 0.717) is 12.3 Å². The Morgan fingerprint density at radius 2 is 1.66 bits per heavy atom. The van der Waals surface area contributed by atoms with Gasteiger partial charge in [-0.1, -0.05) is 57.2 Å². The SMILES string of the molecule is CC(C(=O)NC(C)(C)C)N(Cc1ccccc1)C(=O)COc1ccc(C(C)(C)C)cc1Br.